The Bertz CT molecular complexity index is 813. The normalized spacial score (nSPS) is 20.1. The van der Waals surface area contributed by atoms with Crippen molar-refractivity contribution in [1.82, 2.24) is 15.1 Å². The Labute approximate surface area is 141 Å². The predicted octanol–water partition coefficient (Wildman–Crippen LogP) is 1.36. The topological polar surface area (TPSA) is 103 Å². The van der Waals surface area contributed by atoms with Crippen LogP contribution in [0.25, 0.3) is 0 Å². The SMILES string of the molecule is O=C(O)[C@@H]1CN(C(=O)c2ccc(=O)[nH]n2)C[C@H]1c1ccc(Cl)cc1. The van der Waals surface area contributed by atoms with Crippen LogP contribution in [0.3, 0.4) is 0 Å². The molecule has 124 valence electrons. The summed E-state index contributed by atoms with van der Waals surface area (Å²) < 4.78 is 0. The lowest BCUT2D eigenvalue weighted by atomic mass is 9.89. The molecule has 1 aromatic heterocycles. The van der Waals surface area contributed by atoms with Crippen molar-refractivity contribution in [2.45, 2.75) is 5.92 Å². The first-order chi connectivity index (χ1) is 11.5. The molecule has 1 aromatic carbocycles. The molecule has 1 aliphatic heterocycles. The molecule has 1 saturated heterocycles. The number of likely N-dealkylation sites (tertiary alicyclic amines) is 1. The number of carbonyl (C=O) groups is 2. The summed E-state index contributed by atoms with van der Waals surface area (Å²) in [6, 6.07) is 9.48. The van der Waals surface area contributed by atoms with Gasteiger partial charge in [0, 0.05) is 30.1 Å². The number of amides is 1. The number of carboxylic acids is 1. The largest absolute Gasteiger partial charge is 0.481 e. The average Bonchev–Trinajstić information content (AvgIpc) is 3.01. The molecule has 7 nitrogen and oxygen atoms in total. The zero-order valence-electron chi connectivity index (χ0n) is 12.5. The molecule has 2 atom stereocenters. The molecule has 0 bridgehead atoms. The van der Waals surface area contributed by atoms with Crippen LogP contribution in [0.1, 0.15) is 22.0 Å². The van der Waals surface area contributed by atoms with Crippen molar-refractivity contribution in [2.75, 3.05) is 13.1 Å². The van der Waals surface area contributed by atoms with Gasteiger partial charge >= 0.3 is 5.97 Å². The van der Waals surface area contributed by atoms with Crippen molar-refractivity contribution in [3.63, 3.8) is 0 Å². The molecule has 3 rings (SSSR count). The first-order valence-electron chi connectivity index (χ1n) is 7.29. The molecule has 0 aliphatic carbocycles. The van der Waals surface area contributed by atoms with Crippen molar-refractivity contribution in [3.8, 4) is 0 Å². The maximum absolute atomic E-state index is 12.5. The van der Waals surface area contributed by atoms with Gasteiger partial charge in [0.05, 0.1) is 5.92 Å². The van der Waals surface area contributed by atoms with Crippen LogP contribution in [0, 0.1) is 5.92 Å². The summed E-state index contributed by atoms with van der Waals surface area (Å²) in [5, 5.41) is 16.0. The van der Waals surface area contributed by atoms with Crippen LogP contribution in [0.2, 0.25) is 5.02 Å². The number of H-pyrrole nitrogens is 1. The number of hydrogen-bond donors (Lipinski definition) is 2. The first kappa shape index (κ1) is 16.2. The Hall–Kier alpha value is -2.67. The molecule has 1 amide bonds. The van der Waals surface area contributed by atoms with E-state index in [1.165, 1.54) is 17.0 Å². The van der Waals surface area contributed by atoms with Crippen molar-refractivity contribution in [2.24, 2.45) is 5.92 Å². The number of carbonyl (C=O) groups excluding carboxylic acids is 1. The third-order valence-corrected chi connectivity index (χ3v) is 4.37. The van der Waals surface area contributed by atoms with E-state index >= 15 is 0 Å². The second kappa shape index (κ2) is 6.45. The third kappa shape index (κ3) is 3.16. The predicted molar refractivity (Wildman–Crippen MR) is 86.1 cm³/mol. The van der Waals surface area contributed by atoms with Crippen LogP contribution in [-0.4, -0.2) is 45.2 Å². The Morgan fingerprint density at radius 1 is 1.17 bits per heavy atom. The van der Waals surface area contributed by atoms with Gasteiger partial charge in [-0.3, -0.25) is 14.4 Å². The minimum absolute atomic E-state index is 0.0792. The number of rotatable bonds is 3. The number of aromatic amines is 1. The van der Waals surface area contributed by atoms with E-state index in [2.05, 4.69) is 10.2 Å². The standard InChI is InChI=1S/C16H14ClN3O4/c17-10-3-1-9(2-4-10)11-7-20(8-12(11)16(23)24)15(22)13-5-6-14(21)19-18-13/h1-6,11-12H,7-8H2,(H,19,21)(H,23,24)/t11-,12+/m0/s1. The molecule has 8 heteroatoms. The highest BCUT2D eigenvalue weighted by Gasteiger charge is 2.40. The summed E-state index contributed by atoms with van der Waals surface area (Å²) in [6.07, 6.45) is 0. The number of hydrogen-bond acceptors (Lipinski definition) is 4. The van der Waals surface area contributed by atoms with E-state index in [-0.39, 0.29) is 24.7 Å². The fraction of sp³-hybridized carbons (Fsp3) is 0.250. The van der Waals surface area contributed by atoms with E-state index in [4.69, 9.17) is 11.6 Å². The van der Waals surface area contributed by atoms with E-state index in [1.807, 2.05) is 0 Å². The minimum atomic E-state index is -0.959. The minimum Gasteiger partial charge on any atom is -0.481 e. The molecule has 0 spiro atoms. The van der Waals surface area contributed by atoms with E-state index in [0.717, 1.165) is 5.56 Å². The first-order valence-corrected chi connectivity index (χ1v) is 7.67. The molecular formula is C16H14ClN3O4. The zero-order chi connectivity index (χ0) is 17.3. The van der Waals surface area contributed by atoms with Gasteiger partial charge in [0.1, 0.15) is 5.69 Å². The number of aromatic nitrogens is 2. The summed E-state index contributed by atoms with van der Waals surface area (Å²) in [7, 11) is 0. The number of carboxylic acid groups (broad SMARTS) is 1. The highest BCUT2D eigenvalue weighted by atomic mass is 35.5. The van der Waals surface area contributed by atoms with Gasteiger partial charge in [0.2, 0.25) is 0 Å². The van der Waals surface area contributed by atoms with Crippen LogP contribution >= 0.6 is 11.6 Å². The highest BCUT2D eigenvalue weighted by Crippen LogP contribution is 2.34. The summed E-state index contributed by atoms with van der Waals surface area (Å²) in [5.41, 5.74) is 0.488. The van der Waals surface area contributed by atoms with Gasteiger partial charge in [0.15, 0.2) is 0 Å². The fourth-order valence-electron chi connectivity index (χ4n) is 2.89. The third-order valence-electron chi connectivity index (χ3n) is 4.12. The number of benzene rings is 1. The Morgan fingerprint density at radius 2 is 1.88 bits per heavy atom. The van der Waals surface area contributed by atoms with E-state index in [9.17, 15) is 19.5 Å². The second-order valence-corrected chi connectivity index (χ2v) is 6.06. The van der Waals surface area contributed by atoms with Crippen molar-refractivity contribution < 1.29 is 14.7 Å². The van der Waals surface area contributed by atoms with Gasteiger partial charge in [-0.1, -0.05) is 23.7 Å². The Morgan fingerprint density at radius 3 is 2.46 bits per heavy atom. The lowest BCUT2D eigenvalue weighted by Gasteiger charge is -2.16. The lowest BCUT2D eigenvalue weighted by Crippen LogP contribution is -2.31. The second-order valence-electron chi connectivity index (χ2n) is 5.62. The fourth-order valence-corrected chi connectivity index (χ4v) is 3.02. The molecule has 24 heavy (non-hydrogen) atoms. The Balaban J connectivity index is 1.85. The molecule has 0 radical (unpaired) electrons. The van der Waals surface area contributed by atoms with Crippen LogP contribution in [-0.2, 0) is 4.79 Å². The zero-order valence-corrected chi connectivity index (χ0v) is 13.2. The van der Waals surface area contributed by atoms with Gasteiger partial charge in [-0.25, -0.2) is 5.10 Å². The van der Waals surface area contributed by atoms with Gasteiger partial charge in [0.25, 0.3) is 11.5 Å². The smallest absolute Gasteiger partial charge is 0.308 e. The molecule has 2 N–H and O–H groups in total. The maximum Gasteiger partial charge on any atom is 0.308 e. The molecule has 1 aliphatic rings. The summed E-state index contributed by atoms with van der Waals surface area (Å²) in [4.78, 5) is 36.5. The number of nitrogens with one attached hydrogen (secondary N) is 1. The molecule has 0 saturated carbocycles. The van der Waals surface area contributed by atoms with Crippen molar-refractivity contribution >= 4 is 23.5 Å². The molecule has 2 aromatic rings. The van der Waals surface area contributed by atoms with Crippen molar-refractivity contribution in [1.29, 1.82) is 0 Å². The number of halogens is 1. The summed E-state index contributed by atoms with van der Waals surface area (Å²) >= 11 is 5.87. The number of nitrogens with zero attached hydrogens (tertiary/aromatic N) is 2. The van der Waals surface area contributed by atoms with Crippen LogP contribution in [0.4, 0.5) is 0 Å². The van der Waals surface area contributed by atoms with Crippen molar-refractivity contribution in [3.05, 3.63) is 63.0 Å². The lowest BCUT2D eigenvalue weighted by molar-refractivity contribution is -0.141. The van der Waals surface area contributed by atoms with Crippen LogP contribution in [0.15, 0.2) is 41.2 Å². The van der Waals surface area contributed by atoms with Gasteiger partial charge in [-0.15, -0.1) is 0 Å². The van der Waals surface area contributed by atoms with E-state index < -0.39 is 23.4 Å². The highest BCUT2D eigenvalue weighted by molar-refractivity contribution is 6.30. The van der Waals surface area contributed by atoms with E-state index in [1.54, 1.807) is 24.3 Å². The Kier molecular flexibility index (Phi) is 4.35. The summed E-state index contributed by atoms with van der Waals surface area (Å²) in [6.45, 7) is 0.348. The quantitative estimate of drug-likeness (QED) is 0.872. The maximum atomic E-state index is 12.5. The average molecular weight is 348 g/mol. The summed E-state index contributed by atoms with van der Waals surface area (Å²) in [5.74, 6) is -2.40. The molecule has 1 fully saturated rings. The van der Waals surface area contributed by atoms with Gasteiger partial charge in [-0.2, -0.15) is 5.10 Å². The van der Waals surface area contributed by atoms with Gasteiger partial charge < -0.3 is 10.0 Å². The monoisotopic (exact) mass is 347 g/mol. The molecule has 0 unspecified atom stereocenters. The van der Waals surface area contributed by atoms with E-state index in [0.29, 0.717) is 5.02 Å². The van der Waals surface area contributed by atoms with Crippen LogP contribution in [0.5, 0.6) is 0 Å². The van der Waals surface area contributed by atoms with Crippen LogP contribution < -0.4 is 5.56 Å². The van der Waals surface area contributed by atoms with Gasteiger partial charge in [-0.05, 0) is 23.8 Å². The molecule has 2 heterocycles. The molecular weight excluding hydrogens is 334 g/mol. The number of aliphatic carboxylic acids is 1.